The van der Waals surface area contributed by atoms with Gasteiger partial charge in [0.25, 0.3) is 5.91 Å². The topological polar surface area (TPSA) is 42.0 Å². The molecule has 1 aromatic heterocycles. The Labute approximate surface area is 157 Å². The molecule has 0 radical (unpaired) electrons. The van der Waals surface area contributed by atoms with E-state index in [1.807, 2.05) is 43.3 Å². The molecule has 5 heteroatoms. The minimum atomic E-state index is -0.187. The highest BCUT2D eigenvalue weighted by Gasteiger charge is 2.09. The molecule has 3 rings (SSSR count). The van der Waals surface area contributed by atoms with E-state index in [-0.39, 0.29) is 5.91 Å². The van der Waals surface area contributed by atoms with Gasteiger partial charge >= 0.3 is 0 Å². The number of carbonyl (C=O) groups is 1. The highest BCUT2D eigenvalue weighted by atomic mass is 35.5. The molecule has 0 spiro atoms. The Balaban J connectivity index is 1.75. The number of pyridine rings is 1. The van der Waals surface area contributed by atoms with Crippen molar-refractivity contribution in [3.05, 3.63) is 82.6 Å². The Morgan fingerprint density at radius 3 is 2.72 bits per heavy atom. The van der Waals surface area contributed by atoms with E-state index in [0.29, 0.717) is 17.1 Å². The maximum Gasteiger partial charge on any atom is 0.253 e. The van der Waals surface area contributed by atoms with Gasteiger partial charge in [-0.1, -0.05) is 47.5 Å². The van der Waals surface area contributed by atoms with Crippen molar-refractivity contribution in [3.63, 3.8) is 0 Å². The summed E-state index contributed by atoms with van der Waals surface area (Å²) in [5, 5.41) is 3.46. The minimum absolute atomic E-state index is 0.187. The van der Waals surface area contributed by atoms with Gasteiger partial charge in [-0.25, -0.2) is 0 Å². The monoisotopic (exact) mass is 368 g/mol. The number of amides is 1. The van der Waals surface area contributed by atoms with Crippen molar-refractivity contribution in [2.45, 2.75) is 18.4 Å². The molecule has 0 saturated carbocycles. The third kappa shape index (κ3) is 4.41. The summed E-state index contributed by atoms with van der Waals surface area (Å²) in [6, 6.07) is 15.4. The molecule has 0 saturated heterocycles. The first-order chi connectivity index (χ1) is 12.0. The summed E-state index contributed by atoms with van der Waals surface area (Å²) >= 11 is 10.4. The van der Waals surface area contributed by atoms with E-state index in [1.165, 1.54) is 0 Å². The summed E-state index contributed by atoms with van der Waals surface area (Å²) in [6.07, 6.45) is 3.32. The number of carbonyl (C=O) groups excluding carboxylic acids is 1. The zero-order chi connectivity index (χ0) is 17.8. The van der Waals surface area contributed by atoms with Crippen molar-refractivity contribution in [1.82, 2.24) is 10.3 Å². The number of thiol groups is 1. The summed E-state index contributed by atoms with van der Waals surface area (Å²) in [6.45, 7) is 2.38. The molecule has 1 heterocycles. The first-order valence-electron chi connectivity index (χ1n) is 7.80. The van der Waals surface area contributed by atoms with E-state index < -0.39 is 0 Å². The predicted molar refractivity (Wildman–Crippen MR) is 104 cm³/mol. The summed E-state index contributed by atoms with van der Waals surface area (Å²) < 4.78 is 0. The molecule has 1 N–H and O–H groups in total. The minimum Gasteiger partial charge on any atom is -0.348 e. The van der Waals surface area contributed by atoms with E-state index in [2.05, 4.69) is 29.0 Å². The van der Waals surface area contributed by atoms with Gasteiger partial charge in [-0.15, -0.1) is 12.6 Å². The van der Waals surface area contributed by atoms with Crippen LogP contribution < -0.4 is 5.32 Å². The average Bonchev–Trinajstić information content (AvgIpc) is 2.61. The number of nitrogens with one attached hydrogen (secondary N) is 1. The number of halogens is 1. The van der Waals surface area contributed by atoms with Gasteiger partial charge in [-0.2, -0.15) is 0 Å². The second-order valence-electron chi connectivity index (χ2n) is 5.79. The highest BCUT2D eigenvalue weighted by molar-refractivity contribution is 7.80. The molecule has 0 aliphatic carbocycles. The van der Waals surface area contributed by atoms with Gasteiger partial charge in [0, 0.05) is 34.4 Å². The van der Waals surface area contributed by atoms with Crippen LogP contribution in [0.1, 0.15) is 21.5 Å². The molecular formula is C20H17ClN2OS. The molecule has 0 bridgehead atoms. The van der Waals surface area contributed by atoms with Crippen LogP contribution in [0.25, 0.3) is 11.1 Å². The number of aryl methyl sites for hydroxylation is 1. The third-order valence-corrected chi connectivity index (χ3v) is 4.46. The Hall–Kier alpha value is -2.30. The Bertz CT molecular complexity index is 927. The lowest BCUT2D eigenvalue weighted by Gasteiger charge is -2.09. The molecule has 0 unspecified atom stereocenters. The van der Waals surface area contributed by atoms with E-state index >= 15 is 0 Å². The summed E-state index contributed by atoms with van der Waals surface area (Å²) in [4.78, 5) is 17.4. The first kappa shape index (κ1) is 17.5. The number of benzene rings is 2. The van der Waals surface area contributed by atoms with Crippen LogP contribution in [0.15, 0.2) is 65.8 Å². The lowest BCUT2D eigenvalue weighted by atomic mass is 10.0. The molecule has 1 amide bonds. The SMILES string of the molecule is Cc1cccc(-c2cncc(C(=O)NCc3ccc(S)cc3Cl)c2)c1. The first-order valence-corrected chi connectivity index (χ1v) is 8.63. The highest BCUT2D eigenvalue weighted by Crippen LogP contribution is 2.21. The van der Waals surface area contributed by atoms with Crippen LogP contribution in [-0.2, 0) is 6.54 Å². The van der Waals surface area contributed by atoms with Crippen LogP contribution in [0.3, 0.4) is 0 Å². The van der Waals surface area contributed by atoms with E-state index in [4.69, 9.17) is 11.6 Å². The zero-order valence-electron chi connectivity index (χ0n) is 13.7. The maximum atomic E-state index is 12.4. The van der Waals surface area contributed by atoms with Gasteiger partial charge < -0.3 is 5.32 Å². The quantitative estimate of drug-likeness (QED) is 0.641. The van der Waals surface area contributed by atoms with Crippen LogP contribution in [0.4, 0.5) is 0 Å². The van der Waals surface area contributed by atoms with Gasteiger partial charge in [0.2, 0.25) is 0 Å². The van der Waals surface area contributed by atoms with E-state index in [1.54, 1.807) is 18.5 Å². The van der Waals surface area contributed by atoms with Crippen LogP contribution in [0.5, 0.6) is 0 Å². The number of rotatable bonds is 4. The number of hydrogen-bond acceptors (Lipinski definition) is 3. The molecule has 0 aliphatic heterocycles. The number of nitrogens with zero attached hydrogens (tertiary/aromatic N) is 1. The number of hydrogen-bond donors (Lipinski definition) is 2. The largest absolute Gasteiger partial charge is 0.348 e. The van der Waals surface area contributed by atoms with Crippen molar-refractivity contribution in [2.24, 2.45) is 0 Å². The summed E-state index contributed by atoms with van der Waals surface area (Å²) in [5.41, 5.74) is 4.47. The Morgan fingerprint density at radius 1 is 1.12 bits per heavy atom. The lowest BCUT2D eigenvalue weighted by molar-refractivity contribution is 0.0950. The van der Waals surface area contributed by atoms with Crippen molar-refractivity contribution in [2.75, 3.05) is 0 Å². The van der Waals surface area contributed by atoms with Gasteiger partial charge in [0.15, 0.2) is 0 Å². The van der Waals surface area contributed by atoms with Gasteiger partial charge in [-0.3, -0.25) is 9.78 Å². The molecule has 0 aliphatic rings. The molecule has 3 nitrogen and oxygen atoms in total. The fourth-order valence-corrected chi connectivity index (χ4v) is 3.03. The smallest absolute Gasteiger partial charge is 0.253 e. The maximum absolute atomic E-state index is 12.4. The van der Waals surface area contributed by atoms with Gasteiger partial charge in [-0.05, 0) is 36.2 Å². The third-order valence-electron chi connectivity index (χ3n) is 3.83. The lowest BCUT2D eigenvalue weighted by Crippen LogP contribution is -2.23. The fourth-order valence-electron chi connectivity index (χ4n) is 2.50. The molecule has 25 heavy (non-hydrogen) atoms. The average molecular weight is 369 g/mol. The standard InChI is InChI=1S/C20H17ClN2OS/c1-13-3-2-4-14(7-13)16-8-17(11-22-10-16)20(24)23-12-15-5-6-18(25)9-19(15)21/h2-11,25H,12H2,1H3,(H,23,24). The van der Waals surface area contributed by atoms with E-state index in [0.717, 1.165) is 27.1 Å². The Kier molecular flexibility index (Phi) is 5.41. The fraction of sp³-hybridized carbons (Fsp3) is 0.100. The second kappa shape index (κ2) is 7.72. The molecule has 0 atom stereocenters. The van der Waals surface area contributed by atoms with Crippen LogP contribution in [0, 0.1) is 6.92 Å². The summed E-state index contributed by atoms with van der Waals surface area (Å²) in [7, 11) is 0. The zero-order valence-corrected chi connectivity index (χ0v) is 15.3. The van der Waals surface area contributed by atoms with Crippen LogP contribution in [-0.4, -0.2) is 10.9 Å². The van der Waals surface area contributed by atoms with Crippen LogP contribution >= 0.6 is 24.2 Å². The molecule has 126 valence electrons. The van der Waals surface area contributed by atoms with Crippen molar-refractivity contribution >= 4 is 30.1 Å². The molecule has 0 fully saturated rings. The number of aromatic nitrogens is 1. The van der Waals surface area contributed by atoms with E-state index in [9.17, 15) is 4.79 Å². The second-order valence-corrected chi connectivity index (χ2v) is 6.71. The van der Waals surface area contributed by atoms with Crippen molar-refractivity contribution < 1.29 is 4.79 Å². The van der Waals surface area contributed by atoms with Crippen molar-refractivity contribution in [3.8, 4) is 11.1 Å². The summed E-state index contributed by atoms with van der Waals surface area (Å²) in [5.74, 6) is -0.187. The van der Waals surface area contributed by atoms with Gasteiger partial charge in [0.05, 0.1) is 5.56 Å². The molecular weight excluding hydrogens is 352 g/mol. The normalized spacial score (nSPS) is 10.5. The van der Waals surface area contributed by atoms with Crippen molar-refractivity contribution in [1.29, 1.82) is 0 Å². The van der Waals surface area contributed by atoms with Gasteiger partial charge in [0.1, 0.15) is 0 Å². The molecule has 3 aromatic rings. The molecule has 2 aromatic carbocycles. The predicted octanol–water partition coefficient (Wildman–Crippen LogP) is 4.93. The Morgan fingerprint density at radius 2 is 1.96 bits per heavy atom. The van der Waals surface area contributed by atoms with Crippen LogP contribution in [0.2, 0.25) is 5.02 Å².